The van der Waals surface area contributed by atoms with Crippen LogP contribution in [0.15, 0.2) is 24.3 Å². The maximum absolute atomic E-state index is 13.4. The molecule has 1 aromatic carbocycles. The molecule has 0 aromatic heterocycles. The summed E-state index contributed by atoms with van der Waals surface area (Å²) in [5.41, 5.74) is 5.63. The molecule has 0 saturated heterocycles. The zero-order valence-corrected chi connectivity index (χ0v) is 22.7. The minimum Gasteiger partial charge on any atom is -0.508 e. The number of aromatic hydroxyl groups is 1. The first-order valence-corrected chi connectivity index (χ1v) is 13.3. The molecule has 11 N–H and O–H groups in total. The number of aliphatic carboxylic acids is 1. The van der Waals surface area contributed by atoms with Crippen LogP contribution < -0.4 is 21.7 Å². The molecule has 6 atom stereocenters. The molecular formula is C22H34N5O12P. The number of carbonyl (C=O) groups is 5. The standard InChI is InChI=1S/C22H34N5O12P/c1-10(23)18(31)26-17(12(3)29)21(34)27(40(37,38)39)16(8-13-4-6-14(30)7-5-13)20(33)25-15(9-28)19(32)24-11(2)22(35)36/h4-7,10-12,15-17,28-30H,8-9,23H2,1-3H3,(H,24,32)(H,25,33)(H,26,31)(H,35,36)(H2,37,38,39)/t10-,11-,12+,15-,16-,17-/m0/s1. The lowest BCUT2D eigenvalue weighted by molar-refractivity contribution is -0.143. The molecule has 1 aromatic rings. The maximum atomic E-state index is 13.4. The van der Waals surface area contributed by atoms with Gasteiger partial charge in [-0.1, -0.05) is 12.1 Å². The number of nitrogens with two attached hydrogens (primary N) is 1. The van der Waals surface area contributed by atoms with Crippen molar-refractivity contribution >= 4 is 37.3 Å². The number of benzene rings is 1. The Morgan fingerprint density at radius 3 is 1.93 bits per heavy atom. The van der Waals surface area contributed by atoms with E-state index < -0.39 is 86.7 Å². The summed E-state index contributed by atoms with van der Waals surface area (Å²) in [6.45, 7) is 2.31. The molecule has 0 heterocycles. The van der Waals surface area contributed by atoms with Crippen molar-refractivity contribution < 1.29 is 58.8 Å². The summed E-state index contributed by atoms with van der Waals surface area (Å²) in [4.78, 5) is 82.6. The number of amides is 4. The van der Waals surface area contributed by atoms with Crippen LogP contribution in [0.5, 0.6) is 5.75 Å². The smallest absolute Gasteiger partial charge is 0.433 e. The van der Waals surface area contributed by atoms with Gasteiger partial charge >= 0.3 is 13.7 Å². The van der Waals surface area contributed by atoms with Gasteiger partial charge in [0.05, 0.1) is 18.8 Å². The van der Waals surface area contributed by atoms with Gasteiger partial charge in [-0.15, -0.1) is 0 Å². The Morgan fingerprint density at radius 1 is 0.950 bits per heavy atom. The van der Waals surface area contributed by atoms with Gasteiger partial charge in [0.25, 0.3) is 5.91 Å². The number of aliphatic hydroxyl groups is 2. The molecule has 17 nitrogen and oxygen atoms in total. The lowest BCUT2D eigenvalue weighted by Gasteiger charge is -2.35. The molecule has 18 heteroatoms. The molecule has 0 bridgehead atoms. The Bertz CT molecular complexity index is 1120. The van der Waals surface area contributed by atoms with E-state index in [1.54, 1.807) is 0 Å². The van der Waals surface area contributed by atoms with Crippen LogP contribution in [0.1, 0.15) is 26.3 Å². The van der Waals surface area contributed by atoms with Crippen molar-refractivity contribution in [2.75, 3.05) is 6.61 Å². The zero-order valence-electron chi connectivity index (χ0n) is 21.8. The molecule has 0 aliphatic carbocycles. The van der Waals surface area contributed by atoms with Crippen molar-refractivity contribution in [3.05, 3.63) is 29.8 Å². The summed E-state index contributed by atoms with van der Waals surface area (Å²) >= 11 is 0. The van der Waals surface area contributed by atoms with E-state index in [9.17, 15) is 53.6 Å². The summed E-state index contributed by atoms with van der Waals surface area (Å²) in [5, 5.41) is 44.4. The first kappa shape index (κ1) is 34.4. The van der Waals surface area contributed by atoms with Gasteiger partial charge < -0.3 is 51.9 Å². The van der Waals surface area contributed by atoms with Crippen molar-refractivity contribution in [2.24, 2.45) is 5.73 Å². The molecule has 0 radical (unpaired) electrons. The molecule has 1 rings (SSSR count). The molecule has 4 amide bonds. The van der Waals surface area contributed by atoms with Crippen molar-refractivity contribution in [3.8, 4) is 5.75 Å². The van der Waals surface area contributed by atoms with Gasteiger partial charge in [-0.2, -0.15) is 0 Å². The zero-order chi connectivity index (χ0) is 30.9. The summed E-state index contributed by atoms with van der Waals surface area (Å²) in [6.07, 6.45) is -2.35. The SMILES string of the molecule is C[C@H](N)C(=O)N[C@H](C(=O)N([C@@H](Cc1ccc(O)cc1)C(=O)N[C@@H](CO)C(=O)N[C@@H](C)C(=O)O)P(=O)(O)O)[C@@H](C)O. The highest BCUT2D eigenvalue weighted by atomic mass is 31.2. The van der Waals surface area contributed by atoms with Gasteiger partial charge in [0.2, 0.25) is 17.7 Å². The highest BCUT2D eigenvalue weighted by Gasteiger charge is 2.46. The predicted octanol–water partition coefficient (Wildman–Crippen LogP) is -3.50. The van der Waals surface area contributed by atoms with E-state index >= 15 is 0 Å². The number of hydrogen-bond donors (Lipinski definition) is 10. The van der Waals surface area contributed by atoms with Crippen LogP contribution in [-0.2, 0) is 35.0 Å². The van der Waals surface area contributed by atoms with Crippen LogP contribution in [0.3, 0.4) is 0 Å². The number of carboxylic acid groups (broad SMARTS) is 1. The molecule has 0 aliphatic heterocycles. The summed E-state index contributed by atoms with van der Waals surface area (Å²) in [7, 11) is -5.72. The molecule has 40 heavy (non-hydrogen) atoms. The van der Waals surface area contributed by atoms with E-state index in [0.29, 0.717) is 0 Å². The van der Waals surface area contributed by atoms with Gasteiger partial charge in [0.1, 0.15) is 29.9 Å². The number of nitrogens with zero attached hydrogens (tertiary/aromatic N) is 1. The molecular weight excluding hydrogens is 557 g/mol. The molecule has 0 aliphatic rings. The average Bonchev–Trinajstić information content (AvgIpc) is 2.84. The van der Waals surface area contributed by atoms with Crippen LogP contribution in [0, 0.1) is 0 Å². The van der Waals surface area contributed by atoms with E-state index in [2.05, 4.69) is 5.32 Å². The minimum absolute atomic E-state index is 0.168. The van der Waals surface area contributed by atoms with Crippen LogP contribution in [0.25, 0.3) is 0 Å². The van der Waals surface area contributed by atoms with Gasteiger partial charge in [0, 0.05) is 6.42 Å². The van der Waals surface area contributed by atoms with Gasteiger partial charge in [-0.05, 0) is 38.5 Å². The number of carboxylic acids is 1. The Balaban J connectivity index is 3.56. The first-order chi connectivity index (χ1) is 18.4. The molecule has 224 valence electrons. The molecule has 0 fully saturated rings. The fraction of sp³-hybridized carbons (Fsp3) is 0.500. The third kappa shape index (κ3) is 9.86. The molecule has 0 saturated carbocycles. The minimum atomic E-state index is -5.72. The van der Waals surface area contributed by atoms with Crippen LogP contribution in [-0.4, -0.2) is 107 Å². The van der Waals surface area contributed by atoms with Crippen LogP contribution in [0.4, 0.5) is 0 Å². The highest BCUT2D eigenvalue weighted by molar-refractivity contribution is 7.50. The Labute approximate surface area is 228 Å². The summed E-state index contributed by atoms with van der Waals surface area (Å²) in [5.74, 6) is -6.70. The van der Waals surface area contributed by atoms with Crippen LogP contribution >= 0.6 is 7.75 Å². The number of aliphatic hydroxyl groups excluding tert-OH is 2. The maximum Gasteiger partial charge on any atom is 0.433 e. The van der Waals surface area contributed by atoms with Gasteiger partial charge in [0.15, 0.2) is 0 Å². The number of nitrogens with one attached hydrogen (secondary N) is 3. The quantitative estimate of drug-likeness (QED) is 0.0941. The van der Waals surface area contributed by atoms with Crippen molar-refractivity contribution in [1.29, 1.82) is 0 Å². The van der Waals surface area contributed by atoms with E-state index in [0.717, 1.165) is 13.8 Å². The topological polar surface area (TPSA) is 289 Å². The lowest BCUT2D eigenvalue weighted by atomic mass is 10.0. The second kappa shape index (κ2) is 14.7. The van der Waals surface area contributed by atoms with E-state index in [4.69, 9.17) is 10.8 Å². The van der Waals surface area contributed by atoms with Crippen molar-refractivity contribution in [2.45, 2.75) is 63.5 Å². The van der Waals surface area contributed by atoms with E-state index in [1.807, 2.05) is 10.6 Å². The Hall–Kier alpha value is -3.60. The number of phenolic OH excluding ortho intramolecular Hbond substituents is 1. The average molecular weight is 592 g/mol. The largest absolute Gasteiger partial charge is 0.508 e. The Kier molecular flexibility index (Phi) is 12.6. The third-order valence-corrected chi connectivity index (χ3v) is 6.51. The predicted molar refractivity (Wildman–Crippen MR) is 136 cm³/mol. The second-order valence-electron chi connectivity index (χ2n) is 8.91. The fourth-order valence-electron chi connectivity index (χ4n) is 3.26. The van der Waals surface area contributed by atoms with Gasteiger partial charge in [-0.25, -0.2) is 9.24 Å². The first-order valence-electron chi connectivity index (χ1n) is 11.8. The highest BCUT2D eigenvalue weighted by Crippen LogP contribution is 2.43. The molecule has 0 spiro atoms. The second-order valence-corrected chi connectivity index (χ2v) is 10.4. The number of rotatable bonds is 14. The van der Waals surface area contributed by atoms with Crippen LogP contribution in [0.2, 0.25) is 0 Å². The molecule has 0 unspecified atom stereocenters. The van der Waals surface area contributed by atoms with Crippen molar-refractivity contribution in [1.82, 2.24) is 20.6 Å². The fourth-order valence-corrected chi connectivity index (χ4v) is 4.19. The van der Waals surface area contributed by atoms with E-state index in [-0.39, 0.29) is 16.0 Å². The number of phenols is 1. The number of carbonyl (C=O) groups excluding carboxylic acids is 4. The summed E-state index contributed by atoms with van der Waals surface area (Å²) in [6, 6.07) is -3.61. The monoisotopic (exact) mass is 591 g/mol. The summed E-state index contributed by atoms with van der Waals surface area (Å²) < 4.78 is 12.4. The van der Waals surface area contributed by atoms with E-state index in [1.165, 1.54) is 31.2 Å². The number of hydrogen-bond acceptors (Lipinski definition) is 10. The van der Waals surface area contributed by atoms with Gasteiger partial charge in [-0.3, -0.25) is 24.0 Å². The lowest BCUT2D eigenvalue weighted by Crippen LogP contribution is -2.61. The normalized spacial score (nSPS) is 15.9. The third-order valence-electron chi connectivity index (χ3n) is 5.47. The van der Waals surface area contributed by atoms with Crippen molar-refractivity contribution in [3.63, 3.8) is 0 Å². The Morgan fingerprint density at radius 2 is 1.50 bits per heavy atom.